The topological polar surface area (TPSA) is 83.6 Å². The second-order valence-electron chi connectivity index (χ2n) is 4.52. The molecule has 3 rings (SSSR count). The predicted molar refractivity (Wildman–Crippen MR) is 69.7 cm³/mol. The van der Waals surface area contributed by atoms with Gasteiger partial charge in [0.15, 0.2) is 16.8 Å². The summed E-state index contributed by atoms with van der Waals surface area (Å²) in [6, 6.07) is 4.03. The molecule has 0 radical (unpaired) electrons. The largest absolute Gasteiger partial charge is 0.507 e. The third kappa shape index (κ3) is 1.62. The van der Waals surface area contributed by atoms with E-state index in [9.17, 15) is 15.0 Å². The van der Waals surface area contributed by atoms with Crippen molar-refractivity contribution < 1.29 is 14.6 Å². The number of benzene rings is 2. The average Bonchev–Trinajstić information content (AvgIpc) is 2.35. The summed E-state index contributed by atoms with van der Waals surface area (Å²) in [5, 5.41) is 19.6. The van der Waals surface area contributed by atoms with Gasteiger partial charge in [0.25, 0.3) is 0 Å². The number of aromatic nitrogens is 1. The fraction of sp³-hybridized carbons (Fsp3) is 0.143. The molecule has 1 heterocycles. The van der Waals surface area contributed by atoms with Gasteiger partial charge in [0.1, 0.15) is 22.7 Å². The molecule has 0 atom stereocenters. The van der Waals surface area contributed by atoms with E-state index in [1.165, 1.54) is 6.07 Å². The Morgan fingerprint density at radius 2 is 1.89 bits per heavy atom. The predicted octanol–water partition coefficient (Wildman–Crippen LogP) is 2.32. The van der Waals surface area contributed by atoms with Crippen LogP contribution in [-0.2, 0) is 0 Å². The van der Waals surface area contributed by atoms with E-state index >= 15 is 0 Å². The van der Waals surface area contributed by atoms with E-state index in [0.29, 0.717) is 22.2 Å². The Morgan fingerprint density at radius 3 is 2.63 bits per heavy atom. The molecule has 0 saturated carbocycles. The highest BCUT2D eigenvalue weighted by atomic mass is 16.3. The third-order valence-electron chi connectivity index (χ3n) is 3.13. The highest BCUT2D eigenvalue weighted by molar-refractivity contribution is 5.83. The lowest BCUT2D eigenvalue weighted by atomic mass is 10.1. The van der Waals surface area contributed by atoms with Crippen molar-refractivity contribution in [3.05, 3.63) is 39.5 Å². The second-order valence-corrected chi connectivity index (χ2v) is 4.52. The number of rotatable bonds is 0. The summed E-state index contributed by atoms with van der Waals surface area (Å²) in [5.41, 5.74) is 2.03. The van der Waals surface area contributed by atoms with Gasteiger partial charge in [0.05, 0.1) is 0 Å². The summed E-state index contributed by atoms with van der Waals surface area (Å²) < 4.78 is 5.59. The molecule has 0 bridgehead atoms. The lowest BCUT2D eigenvalue weighted by Gasteiger charge is -2.11. The first-order chi connectivity index (χ1) is 8.97. The molecule has 1 aliphatic carbocycles. The zero-order chi connectivity index (χ0) is 13.7. The number of aryl methyl sites for hydroxylation is 2. The van der Waals surface area contributed by atoms with Gasteiger partial charge in [-0.1, -0.05) is 0 Å². The summed E-state index contributed by atoms with van der Waals surface area (Å²) in [6.45, 7) is 3.47. The van der Waals surface area contributed by atoms with Gasteiger partial charge in [-0.3, -0.25) is 4.79 Å². The summed E-state index contributed by atoms with van der Waals surface area (Å²) in [4.78, 5) is 15.6. The lowest BCUT2D eigenvalue weighted by Crippen LogP contribution is -2.01. The van der Waals surface area contributed by atoms with Gasteiger partial charge in [0, 0.05) is 17.7 Å². The Kier molecular flexibility index (Phi) is 2.25. The zero-order valence-electron chi connectivity index (χ0n) is 10.4. The van der Waals surface area contributed by atoms with E-state index in [2.05, 4.69) is 4.98 Å². The van der Waals surface area contributed by atoms with Crippen molar-refractivity contribution in [1.29, 1.82) is 0 Å². The molecule has 0 unspecified atom stereocenters. The molecule has 1 aliphatic heterocycles. The van der Waals surface area contributed by atoms with Crippen LogP contribution in [0.5, 0.6) is 11.5 Å². The van der Waals surface area contributed by atoms with Crippen molar-refractivity contribution in [3.63, 3.8) is 0 Å². The van der Waals surface area contributed by atoms with Crippen LogP contribution in [-0.4, -0.2) is 15.2 Å². The van der Waals surface area contributed by atoms with Crippen molar-refractivity contribution in [1.82, 2.24) is 4.98 Å². The Hall–Kier alpha value is -2.56. The van der Waals surface area contributed by atoms with E-state index in [1.807, 2.05) is 0 Å². The third-order valence-corrected chi connectivity index (χ3v) is 3.13. The first-order valence-corrected chi connectivity index (χ1v) is 5.74. The van der Waals surface area contributed by atoms with Crippen LogP contribution in [0.3, 0.4) is 0 Å². The SMILES string of the molecule is Cc1cc2nc3c(O)cc(=O)cc-3oc2c(C)c1O. The molecule has 1 aromatic carbocycles. The minimum Gasteiger partial charge on any atom is -0.507 e. The summed E-state index contributed by atoms with van der Waals surface area (Å²) >= 11 is 0. The van der Waals surface area contributed by atoms with Crippen molar-refractivity contribution >= 4 is 11.1 Å². The Balaban J connectivity index is 2.53. The van der Waals surface area contributed by atoms with Gasteiger partial charge in [-0.15, -0.1) is 0 Å². The number of aromatic hydroxyl groups is 2. The molecular formula is C14H11NO4. The van der Waals surface area contributed by atoms with Crippen LogP contribution in [0.4, 0.5) is 0 Å². The van der Waals surface area contributed by atoms with Crippen molar-refractivity contribution in [2.24, 2.45) is 0 Å². The fourth-order valence-corrected chi connectivity index (χ4v) is 2.14. The Morgan fingerprint density at radius 1 is 1.16 bits per heavy atom. The zero-order valence-corrected chi connectivity index (χ0v) is 10.4. The van der Waals surface area contributed by atoms with E-state index in [0.717, 1.165) is 6.07 Å². The molecule has 5 nitrogen and oxygen atoms in total. The standard InChI is InChI=1S/C14H11NO4/c1-6-3-9-14(7(2)13(6)18)19-11-5-8(16)4-10(17)12(11)15-9/h3-5,17-18H,1-2H3. The maximum absolute atomic E-state index is 11.3. The number of phenols is 2. The highest BCUT2D eigenvalue weighted by Gasteiger charge is 2.17. The van der Waals surface area contributed by atoms with Crippen molar-refractivity contribution in [2.45, 2.75) is 13.8 Å². The van der Waals surface area contributed by atoms with Gasteiger partial charge >= 0.3 is 0 Å². The van der Waals surface area contributed by atoms with Gasteiger partial charge < -0.3 is 14.6 Å². The summed E-state index contributed by atoms with van der Waals surface area (Å²) in [5.74, 6) is 0.125. The molecule has 19 heavy (non-hydrogen) atoms. The molecule has 0 fully saturated rings. The van der Waals surface area contributed by atoms with Gasteiger partial charge in [-0.05, 0) is 25.5 Å². The normalized spacial score (nSPS) is 11.3. The van der Waals surface area contributed by atoms with Crippen LogP contribution in [0.1, 0.15) is 11.1 Å². The fourth-order valence-electron chi connectivity index (χ4n) is 2.14. The molecule has 0 spiro atoms. The number of fused-ring (bicyclic) bond motifs is 2. The number of hydrogen-bond donors (Lipinski definition) is 2. The minimum atomic E-state index is -0.358. The molecule has 1 aromatic rings. The van der Waals surface area contributed by atoms with E-state index < -0.39 is 0 Å². The quantitative estimate of drug-likeness (QED) is 0.604. The molecule has 2 N–H and O–H groups in total. The summed E-state index contributed by atoms with van der Waals surface area (Å²) in [6.07, 6.45) is 0. The van der Waals surface area contributed by atoms with Crippen LogP contribution in [0.2, 0.25) is 0 Å². The van der Waals surface area contributed by atoms with Gasteiger partial charge in [-0.2, -0.15) is 0 Å². The average molecular weight is 257 g/mol. The second kappa shape index (κ2) is 3.71. The molecule has 2 aliphatic rings. The molecular weight excluding hydrogens is 246 g/mol. The van der Waals surface area contributed by atoms with Crippen LogP contribution in [0.25, 0.3) is 22.6 Å². The number of nitrogens with zero attached hydrogens (tertiary/aromatic N) is 1. The van der Waals surface area contributed by atoms with Gasteiger partial charge in [0.2, 0.25) is 0 Å². The molecule has 0 aromatic heterocycles. The van der Waals surface area contributed by atoms with E-state index in [-0.39, 0.29) is 28.4 Å². The highest BCUT2D eigenvalue weighted by Crippen LogP contribution is 2.35. The Labute approximate surface area is 108 Å². The Bertz CT molecular complexity index is 835. The van der Waals surface area contributed by atoms with Crippen molar-refractivity contribution in [2.75, 3.05) is 0 Å². The maximum Gasteiger partial charge on any atom is 0.186 e. The smallest absolute Gasteiger partial charge is 0.186 e. The van der Waals surface area contributed by atoms with Crippen LogP contribution >= 0.6 is 0 Å². The maximum atomic E-state index is 11.3. The van der Waals surface area contributed by atoms with Crippen molar-refractivity contribution in [3.8, 4) is 23.0 Å². The lowest BCUT2D eigenvalue weighted by molar-refractivity contribution is 0.463. The van der Waals surface area contributed by atoms with Crippen LogP contribution in [0, 0.1) is 13.8 Å². The van der Waals surface area contributed by atoms with Crippen LogP contribution < -0.4 is 5.43 Å². The van der Waals surface area contributed by atoms with Crippen LogP contribution in [0.15, 0.2) is 27.4 Å². The molecule has 5 heteroatoms. The minimum absolute atomic E-state index is 0.139. The molecule has 0 saturated heterocycles. The molecule has 0 amide bonds. The molecule has 96 valence electrons. The van der Waals surface area contributed by atoms with Gasteiger partial charge in [-0.25, -0.2) is 4.98 Å². The number of hydrogen-bond acceptors (Lipinski definition) is 5. The first-order valence-electron chi connectivity index (χ1n) is 5.74. The monoisotopic (exact) mass is 257 g/mol. The number of phenolic OH excluding ortho intramolecular Hbond substituents is 2. The summed E-state index contributed by atoms with van der Waals surface area (Å²) in [7, 11) is 0. The van der Waals surface area contributed by atoms with E-state index in [4.69, 9.17) is 4.42 Å². The van der Waals surface area contributed by atoms with E-state index in [1.54, 1.807) is 19.9 Å². The first kappa shape index (κ1) is 11.5.